The smallest absolute Gasteiger partial charge is 0.151 e. The van der Waals surface area contributed by atoms with Crippen LogP contribution in [0.1, 0.15) is 0 Å². The minimum atomic E-state index is -0.564. The van der Waals surface area contributed by atoms with Crippen molar-refractivity contribution in [3.8, 4) is 11.4 Å². The van der Waals surface area contributed by atoms with Crippen molar-refractivity contribution in [2.24, 2.45) is 0 Å². The van der Waals surface area contributed by atoms with Crippen molar-refractivity contribution in [1.29, 1.82) is 0 Å². The summed E-state index contributed by atoms with van der Waals surface area (Å²) >= 11 is 0. The van der Waals surface area contributed by atoms with E-state index in [4.69, 9.17) is 0 Å². The van der Waals surface area contributed by atoms with E-state index in [1.807, 2.05) is 0 Å². The summed E-state index contributed by atoms with van der Waals surface area (Å²) in [5.41, 5.74) is 0.127. The van der Waals surface area contributed by atoms with Crippen LogP contribution in [0.2, 0.25) is 0 Å². The van der Waals surface area contributed by atoms with E-state index >= 15 is 0 Å². The molecule has 0 aliphatic rings. The lowest BCUT2D eigenvalue weighted by molar-refractivity contribution is 0.576. The Hall–Kier alpha value is -2.50. The molecule has 0 unspecified atom stereocenters. The van der Waals surface area contributed by atoms with Crippen LogP contribution in [0.25, 0.3) is 11.4 Å². The molecule has 0 amide bonds. The van der Waals surface area contributed by atoms with E-state index in [-0.39, 0.29) is 11.4 Å². The van der Waals surface area contributed by atoms with E-state index in [2.05, 4.69) is 10.2 Å². The number of rotatable bonds is 2. The van der Waals surface area contributed by atoms with Gasteiger partial charge >= 0.3 is 0 Å². The van der Waals surface area contributed by atoms with Gasteiger partial charge in [-0.25, -0.2) is 18.1 Å². The van der Waals surface area contributed by atoms with Crippen LogP contribution in [-0.4, -0.2) is 19.6 Å². The van der Waals surface area contributed by atoms with Gasteiger partial charge in [-0.3, -0.25) is 0 Å². The van der Waals surface area contributed by atoms with E-state index in [0.717, 1.165) is 12.1 Å². The summed E-state index contributed by atoms with van der Waals surface area (Å²) in [4.78, 5) is 0. The molecule has 90 valence electrons. The van der Waals surface area contributed by atoms with Crippen LogP contribution >= 0.6 is 0 Å². The predicted molar refractivity (Wildman–Crippen MR) is 60.6 cm³/mol. The molecular weight excluding hydrogens is 238 g/mol. The zero-order chi connectivity index (χ0) is 12.5. The van der Waals surface area contributed by atoms with Crippen molar-refractivity contribution in [2.75, 3.05) is 0 Å². The Balaban J connectivity index is 2.15. The molecule has 0 spiro atoms. The lowest BCUT2D eigenvalue weighted by atomic mass is 10.2. The molecule has 3 aromatic rings. The number of nitrogens with zero attached hydrogens (tertiary/aromatic N) is 4. The Bertz CT molecular complexity index is 600. The fourth-order valence-electron chi connectivity index (χ4n) is 1.70. The number of aromatic nitrogens is 4. The molecule has 0 radical (unpaired) electrons. The third-order valence-electron chi connectivity index (χ3n) is 2.52. The van der Waals surface area contributed by atoms with Crippen molar-refractivity contribution >= 4 is 0 Å². The van der Waals surface area contributed by atoms with Gasteiger partial charge in [0.2, 0.25) is 0 Å². The van der Waals surface area contributed by atoms with Gasteiger partial charge in [-0.1, -0.05) is 0 Å². The number of benzene rings is 1. The number of hydrogen-bond acceptors (Lipinski definition) is 2. The zero-order valence-corrected chi connectivity index (χ0v) is 9.16. The van der Waals surface area contributed by atoms with Gasteiger partial charge < -0.3 is 0 Å². The summed E-state index contributed by atoms with van der Waals surface area (Å²) < 4.78 is 30.4. The second-order valence-corrected chi connectivity index (χ2v) is 3.66. The first-order valence-corrected chi connectivity index (χ1v) is 5.25. The Morgan fingerprint density at radius 1 is 0.778 bits per heavy atom. The first-order chi connectivity index (χ1) is 8.75. The maximum absolute atomic E-state index is 13.9. The Morgan fingerprint density at radius 2 is 1.22 bits per heavy atom. The van der Waals surface area contributed by atoms with Gasteiger partial charge in [-0.15, -0.1) is 0 Å². The van der Waals surface area contributed by atoms with Crippen molar-refractivity contribution in [2.45, 2.75) is 0 Å². The summed E-state index contributed by atoms with van der Waals surface area (Å²) in [6.45, 7) is 0. The largest absolute Gasteiger partial charge is 0.238 e. The molecule has 0 aliphatic heterocycles. The highest BCUT2D eigenvalue weighted by atomic mass is 19.1. The average Bonchev–Trinajstić information content (AvgIpc) is 3.02. The quantitative estimate of drug-likeness (QED) is 0.695. The van der Waals surface area contributed by atoms with Gasteiger partial charge in [0.05, 0.1) is 0 Å². The molecular formula is C12H8F2N4. The van der Waals surface area contributed by atoms with Gasteiger partial charge in [0, 0.05) is 36.9 Å². The minimum absolute atomic E-state index is 0.0633. The fraction of sp³-hybridized carbons (Fsp3) is 0. The lowest BCUT2D eigenvalue weighted by Crippen LogP contribution is -2.04. The third kappa shape index (κ3) is 1.67. The molecule has 0 saturated carbocycles. The fourth-order valence-corrected chi connectivity index (χ4v) is 1.70. The highest BCUT2D eigenvalue weighted by molar-refractivity contribution is 5.43. The van der Waals surface area contributed by atoms with E-state index < -0.39 is 11.6 Å². The molecule has 0 bridgehead atoms. The van der Waals surface area contributed by atoms with Gasteiger partial charge in [0.15, 0.2) is 11.6 Å². The zero-order valence-electron chi connectivity index (χ0n) is 9.16. The molecule has 0 fully saturated rings. The van der Waals surface area contributed by atoms with Gasteiger partial charge in [0.1, 0.15) is 11.4 Å². The standard InChI is InChI=1S/C12H8F2N4/c13-9-8-12(18-6-2-4-16-18)10(14)7-11(9)17-5-1-3-15-17/h1-8H. The van der Waals surface area contributed by atoms with Crippen LogP contribution in [0, 0.1) is 11.6 Å². The normalized spacial score (nSPS) is 10.8. The summed E-state index contributed by atoms with van der Waals surface area (Å²) in [5.74, 6) is -1.13. The monoisotopic (exact) mass is 246 g/mol. The second-order valence-electron chi connectivity index (χ2n) is 3.66. The van der Waals surface area contributed by atoms with Gasteiger partial charge in [0.25, 0.3) is 0 Å². The highest BCUT2D eigenvalue weighted by Crippen LogP contribution is 2.20. The summed E-state index contributed by atoms with van der Waals surface area (Å²) in [7, 11) is 0. The summed E-state index contributed by atoms with van der Waals surface area (Å²) in [6, 6.07) is 5.47. The van der Waals surface area contributed by atoms with Crippen molar-refractivity contribution in [3.63, 3.8) is 0 Å². The molecule has 6 heteroatoms. The Kier molecular flexibility index (Phi) is 2.40. The number of halogens is 2. The number of hydrogen-bond donors (Lipinski definition) is 0. The third-order valence-corrected chi connectivity index (χ3v) is 2.52. The first-order valence-electron chi connectivity index (χ1n) is 5.25. The molecule has 3 rings (SSSR count). The topological polar surface area (TPSA) is 35.6 Å². The molecule has 0 N–H and O–H groups in total. The maximum atomic E-state index is 13.9. The van der Waals surface area contributed by atoms with Crippen molar-refractivity contribution in [1.82, 2.24) is 19.6 Å². The highest BCUT2D eigenvalue weighted by Gasteiger charge is 2.13. The molecule has 0 aliphatic carbocycles. The van der Waals surface area contributed by atoms with Crippen LogP contribution in [0.15, 0.2) is 49.1 Å². The minimum Gasteiger partial charge on any atom is -0.238 e. The Labute approximate surface area is 101 Å². The van der Waals surface area contributed by atoms with E-state index in [1.165, 1.54) is 21.8 Å². The van der Waals surface area contributed by atoms with Gasteiger partial charge in [-0.05, 0) is 12.1 Å². The predicted octanol–water partition coefficient (Wildman–Crippen LogP) is 2.34. The summed E-state index contributed by atoms with van der Waals surface area (Å²) in [6.07, 6.45) is 6.09. The summed E-state index contributed by atoms with van der Waals surface area (Å²) in [5, 5.41) is 7.74. The molecule has 0 atom stereocenters. The first kappa shape index (κ1) is 10.6. The van der Waals surface area contributed by atoms with Crippen LogP contribution < -0.4 is 0 Å². The molecule has 2 aromatic heterocycles. The van der Waals surface area contributed by atoms with Crippen LogP contribution in [0.4, 0.5) is 8.78 Å². The van der Waals surface area contributed by atoms with Crippen molar-refractivity contribution < 1.29 is 8.78 Å². The van der Waals surface area contributed by atoms with Crippen molar-refractivity contribution in [3.05, 3.63) is 60.7 Å². The average molecular weight is 246 g/mol. The van der Waals surface area contributed by atoms with Gasteiger partial charge in [-0.2, -0.15) is 10.2 Å². The van der Waals surface area contributed by atoms with Crippen LogP contribution in [0.3, 0.4) is 0 Å². The Morgan fingerprint density at radius 3 is 1.56 bits per heavy atom. The maximum Gasteiger partial charge on any atom is 0.151 e. The van der Waals surface area contributed by atoms with E-state index in [9.17, 15) is 8.78 Å². The SMILES string of the molecule is Fc1cc(-n2cccn2)c(F)cc1-n1cccn1. The van der Waals surface area contributed by atoms with Crippen LogP contribution in [-0.2, 0) is 0 Å². The second kappa shape index (κ2) is 4.06. The molecule has 1 aromatic carbocycles. The lowest BCUT2D eigenvalue weighted by Gasteiger charge is -2.08. The molecule has 0 saturated heterocycles. The molecule has 18 heavy (non-hydrogen) atoms. The molecule has 4 nitrogen and oxygen atoms in total. The van der Waals surface area contributed by atoms with E-state index in [1.54, 1.807) is 24.5 Å². The van der Waals surface area contributed by atoms with E-state index in [0.29, 0.717) is 0 Å². The van der Waals surface area contributed by atoms with Crippen LogP contribution in [0.5, 0.6) is 0 Å². The molecule has 2 heterocycles.